The van der Waals surface area contributed by atoms with E-state index in [9.17, 15) is 23.1 Å². The number of hydrogen-bond acceptors (Lipinski definition) is 3. The summed E-state index contributed by atoms with van der Waals surface area (Å²) in [5.74, 6) is -4.27. The van der Waals surface area contributed by atoms with Gasteiger partial charge >= 0.3 is 6.03 Å². The Morgan fingerprint density at radius 2 is 1.96 bits per heavy atom. The number of carbonyl (C=O) groups is 1. The lowest BCUT2D eigenvalue weighted by molar-refractivity contribution is 0.157. The Labute approximate surface area is 138 Å². The lowest BCUT2D eigenvalue weighted by atomic mass is 10.2. The van der Waals surface area contributed by atoms with Gasteiger partial charge in [0.05, 0.1) is 6.61 Å². The molecule has 0 spiro atoms. The minimum atomic E-state index is -1.57. The first-order chi connectivity index (χ1) is 11.5. The molecule has 1 saturated heterocycles. The number of urea groups is 1. The van der Waals surface area contributed by atoms with E-state index < -0.39 is 23.5 Å². The third-order valence-electron chi connectivity index (χ3n) is 4.11. The number of anilines is 1. The van der Waals surface area contributed by atoms with Crippen molar-refractivity contribution in [2.24, 2.45) is 0 Å². The number of unbranched alkanes of at least 4 members (excludes halogenated alkanes) is 1. The SMILES string of the molecule is O=C(NCCCCN1CCCC1CO)Nc1cc(F)c(F)c(F)c1. The molecule has 1 atom stereocenters. The average molecular weight is 345 g/mol. The fraction of sp³-hybridized carbons (Fsp3) is 0.562. The van der Waals surface area contributed by atoms with Crippen LogP contribution in [0.5, 0.6) is 0 Å². The van der Waals surface area contributed by atoms with Gasteiger partial charge in [-0.15, -0.1) is 0 Å². The maximum atomic E-state index is 13.0. The first-order valence-electron chi connectivity index (χ1n) is 8.05. The van der Waals surface area contributed by atoms with Crippen LogP contribution in [0.3, 0.4) is 0 Å². The van der Waals surface area contributed by atoms with Crippen LogP contribution < -0.4 is 10.6 Å². The summed E-state index contributed by atoms with van der Waals surface area (Å²) in [5, 5.41) is 14.1. The van der Waals surface area contributed by atoms with Gasteiger partial charge in [-0.1, -0.05) is 0 Å². The Bertz CT molecular complexity index is 548. The molecule has 8 heteroatoms. The number of carbonyl (C=O) groups excluding carboxylic acids is 1. The number of likely N-dealkylation sites (tertiary alicyclic amines) is 1. The number of aliphatic hydroxyl groups is 1. The summed E-state index contributed by atoms with van der Waals surface area (Å²) in [6.45, 7) is 2.44. The van der Waals surface area contributed by atoms with E-state index in [2.05, 4.69) is 15.5 Å². The van der Waals surface area contributed by atoms with Crippen LogP contribution in [0.1, 0.15) is 25.7 Å². The number of nitrogens with one attached hydrogen (secondary N) is 2. The van der Waals surface area contributed by atoms with E-state index in [0.717, 1.165) is 50.9 Å². The molecule has 0 saturated carbocycles. The van der Waals surface area contributed by atoms with E-state index in [1.807, 2.05) is 0 Å². The van der Waals surface area contributed by atoms with Gasteiger partial charge in [0.2, 0.25) is 0 Å². The molecule has 1 heterocycles. The van der Waals surface area contributed by atoms with Crippen molar-refractivity contribution in [3.63, 3.8) is 0 Å². The van der Waals surface area contributed by atoms with Crippen LogP contribution in [-0.4, -0.2) is 48.3 Å². The molecular weight excluding hydrogens is 323 g/mol. The normalized spacial score (nSPS) is 17.9. The first kappa shape index (κ1) is 18.5. The summed E-state index contributed by atoms with van der Waals surface area (Å²) in [6, 6.07) is 1.08. The van der Waals surface area contributed by atoms with Gasteiger partial charge in [-0.25, -0.2) is 18.0 Å². The largest absolute Gasteiger partial charge is 0.395 e. The summed E-state index contributed by atoms with van der Waals surface area (Å²) in [5.41, 5.74) is -0.147. The molecular formula is C16H22F3N3O2. The minimum absolute atomic E-state index is 0.147. The van der Waals surface area contributed by atoms with Crippen LogP contribution >= 0.6 is 0 Å². The molecule has 24 heavy (non-hydrogen) atoms. The Balaban J connectivity index is 1.65. The Morgan fingerprint density at radius 3 is 2.62 bits per heavy atom. The third-order valence-corrected chi connectivity index (χ3v) is 4.11. The van der Waals surface area contributed by atoms with E-state index in [1.54, 1.807) is 0 Å². The maximum Gasteiger partial charge on any atom is 0.319 e. The molecule has 2 rings (SSSR count). The van der Waals surface area contributed by atoms with Crippen LogP contribution in [0.15, 0.2) is 12.1 Å². The molecule has 1 aliphatic rings. The zero-order valence-corrected chi connectivity index (χ0v) is 13.3. The second-order valence-corrected chi connectivity index (χ2v) is 5.86. The van der Waals surface area contributed by atoms with Crippen LogP contribution in [-0.2, 0) is 0 Å². The van der Waals surface area contributed by atoms with Gasteiger partial charge in [0.15, 0.2) is 17.5 Å². The van der Waals surface area contributed by atoms with Gasteiger partial charge in [0, 0.05) is 30.4 Å². The molecule has 1 aromatic carbocycles. The van der Waals surface area contributed by atoms with Crippen molar-refractivity contribution in [2.75, 3.05) is 31.6 Å². The smallest absolute Gasteiger partial charge is 0.319 e. The van der Waals surface area contributed by atoms with Crippen LogP contribution in [0.4, 0.5) is 23.7 Å². The van der Waals surface area contributed by atoms with Gasteiger partial charge in [0.25, 0.3) is 0 Å². The number of rotatable bonds is 7. The van der Waals surface area contributed by atoms with Gasteiger partial charge in [0.1, 0.15) is 0 Å². The monoisotopic (exact) mass is 345 g/mol. The van der Waals surface area contributed by atoms with Crippen molar-refractivity contribution in [3.8, 4) is 0 Å². The second-order valence-electron chi connectivity index (χ2n) is 5.86. The lowest BCUT2D eigenvalue weighted by Gasteiger charge is -2.22. The quantitative estimate of drug-likeness (QED) is 0.525. The Kier molecular flexibility index (Phi) is 6.86. The third kappa shape index (κ3) is 5.10. The van der Waals surface area contributed by atoms with Crippen molar-refractivity contribution in [2.45, 2.75) is 31.7 Å². The van der Waals surface area contributed by atoms with Gasteiger partial charge < -0.3 is 15.7 Å². The fourth-order valence-corrected chi connectivity index (χ4v) is 2.84. The molecule has 134 valence electrons. The average Bonchev–Trinajstić information content (AvgIpc) is 2.99. The summed E-state index contributed by atoms with van der Waals surface area (Å²) in [6.07, 6.45) is 3.73. The van der Waals surface area contributed by atoms with Crippen molar-refractivity contribution in [1.29, 1.82) is 0 Å². The van der Waals surface area contributed by atoms with E-state index >= 15 is 0 Å². The summed E-state index contributed by atoms with van der Waals surface area (Å²) >= 11 is 0. The molecule has 0 bridgehead atoms. The van der Waals surface area contributed by atoms with Gasteiger partial charge in [-0.2, -0.15) is 0 Å². The highest BCUT2D eigenvalue weighted by molar-refractivity contribution is 5.89. The molecule has 1 unspecified atom stereocenters. The second kappa shape index (κ2) is 8.89. The Morgan fingerprint density at radius 1 is 1.25 bits per heavy atom. The highest BCUT2D eigenvalue weighted by Gasteiger charge is 2.22. The van der Waals surface area contributed by atoms with Crippen LogP contribution in [0, 0.1) is 17.5 Å². The molecule has 3 N–H and O–H groups in total. The first-order valence-corrected chi connectivity index (χ1v) is 8.05. The molecule has 1 aromatic rings. The van der Waals surface area contributed by atoms with Crippen molar-refractivity contribution < 1.29 is 23.1 Å². The van der Waals surface area contributed by atoms with E-state index in [4.69, 9.17) is 0 Å². The Hall–Kier alpha value is -1.80. The molecule has 5 nitrogen and oxygen atoms in total. The zero-order chi connectivity index (χ0) is 17.5. The fourth-order valence-electron chi connectivity index (χ4n) is 2.84. The predicted octanol–water partition coefficient (Wildman–Crippen LogP) is 2.46. The summed E-state index contributed by atoms with van der Waals surface area (Å²) in [7, 11) is 0. The number of amides is 2. The molecule has 0 radical (unpaired) electrons. The highest BCUT2D eigenvalue weighted by Crippen LogP contribution is 2.18. The standard InChI is InChI=1S/C16H22F3N3O2/c17-13-8-11(9-14(18)15(13)19)21-16(24)20-5-1-2-6-22-7-3-4-12(22)10-23/h8-9,12,23H,1-7,10H2,(H2,20,21,24). The molecule has 1 aliphatic heterocycles. The topological polar surface area (TPSA) is 64.6 Å². The summed E-state index contributed by atoms with van der Waals surface area (Å²) < 4.78 is 38.9. The zero-order valence-electron chi connectivity index (χ0n) is 13.3. The number of aliphatic hydroxyl groups excluding tert-OH is 1. The van der Waals surface area contributed by atoms with Gasteiger partial charge in [-0.05, 0) is 38.8 Å². The van der Waals surface area contributed by atoms with Crippen LogP contribution in [0.2, 0.25) is 0 Å². The molecule has 0 aliphatic carbocycles. The highest BCUT2D eigenvalue weighted by atomic mass is 19.2. The van der Waals surface area contributed by atoms with Crippen molar-refractivity contribution in [3.05, 3.63) is 29.6 Å². The molecule has 1 fully saturated rings. The van der Waals surface area contributed by atoms with Crippen LogP contribution in [0.25, 0.3) is 0 Å². The van der Waals surface area contributed by atoms with Gasteiger partial charge in [-0.3, -0.25) is 4.90 Å². The van der Waals surface area contributed by atoms with Crippen molar-refractivity contribution in [1.82, 2.24) is 10.2 Å². The maximum absolute atomic E-state index is 13.0. The number of halogens is 3. The van der Waals surface area contributed by atoms with E-state index in [1.165, 1.54) is 0 Å². The van der Waals surface area contributed by atoms with Crippen molar-refractivity contribution >= 4 is 11.7 Å². The molecule has 0 aromatic heterocycles. The molecule has 2 amide bonds. The van der Waals surface area contributed by atoms with E-state index in [-0.39, 0.29) is 18.3 Å². The summed E-state index contributed by atoms with van der Waals surface area (Å²) in [4.78, 5) is 13.9. The lowest BCUT2D eigenvalue weighted by Crippen LogP contribution is -2.34. The number of hydrogen-bond donors (Lipinski definition) is 3. The number of nitrogens with zero attached hydrogens (tertiary/aromatic N) is 1. The van der Waals surface area contributed by atoms with E-state index in [0.29, 0.717) is 6.54 Å². The number of benzene rings is 1. The predicted molar refractivity (Wildman–Crippen MR) is 84.3 cm³/mol. The minimum Gasteiger partial charge on any atom is -0.395 e.